The lowest BCUT2D eigenvalue weighted by Crippen LogP contribution is -2.46. The lowest BCUT2D eigenvalue weighted by atomic mass is 10.2. The second kappa shape index (κ2) is 5.92. The molecule has 15 heavy (non-hydrogen) atoms. The van der Waals surface area contributed by atoms with E-state index in [0.717, 1.165) is 0 Å². The Morgan fingerprint density at radius 2 is 2.40 bits per heavy atom. The first-order valence-electron chi connectivity index (χ1n) is 5.31. The molecule has 5 nitrogen and oxygen atoms in total. The molecule has 1 heterocycles. The maximum Gasteiger partial charge on any atom is 0.410 e. The summed E-state index contributed by atoms with van der Waals surface area (Å²) in [5.41, 5.74) is 0. The topological polar surface area (TPSA) is 59.0 Å². The Kier molecular flexibility index (Phi) is 4.84. The zero-order chi connectivity index (χ0) is 11.3. The van der Waals surface area contributed by atoms with Crippen LogP contribution in [0.15, 0.2) is 0 Å². The summed E-state index contributed by atoms with van der Waals surface area (Å²) in [6.45, 7) is 5.31. The van der Waals surface area contributed by atoms with Crippen molar-refractivity contribution in [2.24, 2.45) is 0 Å². The summed E-state index contributed by atoms with van der Waals surface area (Å²) in [6, 6.07) is 0. The van der Waals surface area contributed by atoms with Crippen LogP contribution in [0.5, 0.6) is 0 Å². The lowest BCUT2D eigenvalue weighted by Gasteiger charge is -2.32. The monoisotopic (exact) mass is 217 g/mol. The van der Waals surface area contributed by atoms with Crippen LogP contribution in [0.1, 0.15) is 20.3 Å². The van der Waals surface area contributed by atoms with Crippen molar-refractivity contribution in [1.82, 2.24) is 4.90 Å². The predicted molar refractivity (Wildman–Crippen MR) is 54.6 cm³/mol. The number of aliphatic hydroxyl groups is 1. The molecule has 1 rings (SSSR count). The Hall–Kier alpha value is -0.810. The third-order valence-electron chi connectivity index (χ3n) is 2.18. The first-order chi connectivity index (χ1) is 7.13. The molecule has 1 amide bonds. The molecule has 1 aliphatic rings. The summed E-state index contributed by atoms with van der Waals surface area (Å²) >= 11 is 0. The van der Waals surface area contributed by atoms with Gasteiger partial charge in [0, 0.05) is 13.2 Å². The number of ether oxygens (including phenoxy) is 2. The fourth-order valence-electron chi connectivity index (χ4n) is 1.48. The van der Waals surface area contributed by atoms with Crippen molar-refractivity contribution in [2.45, 2.75) is 32.5 Å². The number of hydrogen-bond acceptors (Lipinski definition) is 4. The van der Waals surface area contributed by atoms with Gasteiger partial charge in [-0.2, -0.15) is 0 Å². The summed E-state index contributed by atoms with van der Waals surface area (Å²) in [4.78, 5) is 13.2. The summed E-state index contributed by atoms with van der Waals surface area (Å²) in [7, 11) is 0. The van der Waals surface area contributed by atoms with Gasteiger partial charge in [-0.15, -0.1) is 0 Å². The minimum Gasteiger partial charge on any atom is -0.447 e. The van der Waals surface area contributed by atoms with Crippen LogP contribution in [-0.4, -0.2) is 54.6 Å². The van der Waals surface area contributed by atoms with Crippen LogP contribution in [0.25, 0.3) is 0 Å². The molecule has 1 aliphatic heterocycles. The summed E-state index contributed by atoms with van der Waals surface area (Å²) < 4.78 is 10.5. The number of carbonyl (C=O) groups is 1. The number of nitrogens with zero attached hydrogens (tertiary/aromatic N) is 1. The Morgan fingerprint density at radius 1 is 1.67 bits per heavy atom. The van der Waals surface area contributed by atoms with Crippen LogP contribution in [0.2, 0.25) is 0 Å². The van der Waals surface area contributed by atoms with E-state index >= 15 is 0 Å². The molecule has 0 bridgehead atoms. The van der Waals surface area contributed by atoms with Crippen LogP contribution in [0, 0.1) is 0 Å². The first-order valence-corrected chi connectivity index (χ1v) is 5.31. The van der Waals surface area contributed by atoms with E-state index < -0.39 is 0 Å². The molecule has 1 unspecified atom stereocenters. The molecule has 1 atom stereocenters. The highest BCUT2D eigenvalue weighted by atomic mass is 16.6. The Morgan fingerprint density at radius 3 is 3.00 bits per heavy atom. The van der Waals surface area contributed by atoms with E-state index in [4.69, 9.17) is 14.6 Å². The van der Waals surface area contributed by atoms with E-state index in [0.29, 0.717) is 26.1 Å². The molecule has 0 aliphatic carbocycles. The molecule has 0 aromatic carbocycles. The molecule has 0 radical (unpaired) electrons. The van der Waals surface area contributed by atoms with E-state index in [1.165, 1.54) is 0 Å². The average molecular weight is 217 g/mol. The molecule has 0 aromatic rings. The number of hydrogen-bond donors (Lipinski definition) is 1. The molecule has 0 spiro atoms. The second-order valence-corrected chi connectivity index (χ2v) is 3.88. The molecule has 1 saturated heterocycles. The first kappa shape index (κ1) is 12.3. The SMILES string of the molecule is CC(C)OC(=O)N1CCOC(CCO)C1. The van der Waals surface area contributed by atoms with E-state index in [9.17, 15) is 4.79 Å². The minimum absolute atomic E-state index is 0.0662. The summed E-state index contributed by atoms with van der Waals surface area (Å²) in [6.07, 6.45) is 0.0992. The highest BCUT2D eigenvalue weighted by molar-refractivity contribution is 5.67. The van der Waals surface area contributed by atoms with Crippen molar-refractivity contribution in [2.75, 3.05) is 26.3 Å². The van der Waals surface area contributed by atoms with Crippen LogP contribution < -0.4 is 0 Å². The number of aliphatic hydroxyl groups excluding tert-OH is 1. The number of carbonyl (C=O) groups excluding carboxylic acids is 1. The van der Waals surface area contributed by atoms with Gasteiger partial charge >= 0.3 is 6.09 Å². The normalized spacial score (nSPS) is 21.9. The van der Waals surface area contributed by atoms with Gasteiger partial charge in [0.25, 0.3) is 0 Å². The third-order valence-corrected chi connectivity index (χ3v) is 2.18. The molecule has 0 aromatic heterocycles. The van der Waals surface area contributed by atoms with Gasteiger partial charge < -0.3 is 19.5 Å². The van der Waals surface area contributed by atoms with Gasteiger partial charge in [0.05, 0.1) is 25.4 Å². The van der Waals surface area contributed by atoms with Gasteiger partial charge in [-0.05, 0) is 20.3 Å². The van der Waals surface area contributed by atoms with Crippen LogP contribution in [-0.2, 0) is 9.47 Å². The Balaban J connectivity index is 2.38. The Labute approximate surface area is 90.0 Å². The smallest absolute Gasteiger partial charge is 0.410 e. The summed E-state index contributed by atoms with van der Waals surface area (Å²) in [5, 5.41) is 8.77. The minimum atomic E-state index is -0.295. The molecule has 88 valence electrons. The maximum atomic E-state index is 11.5. The van der Waals surface area contributed by atoms with Crippen molar-refractivity contribution < 1.29 is 19.4 Å². The van der Waals surface area contributed by atoms with E-state index in [1.54, 1.807) is 4.90 Å². The van der Waals surface area contributed by atoms with Crippen molar-refractivity contribution in [3.05, 3.63) is 0 Å². The van der Waals surface area contributed by atoms with E-state index in [-0.39, 0.29) is 24.9 Å². The molecular formula is C10H19NO4. The van der Waals surface area contributed by atoms with Crippen LogP contribution in [0.4, 0.5) is 4.79 Å². The van der Waals surface area contributed by atoms with Gasteiger partial charge in [-0.3, -0.25) is 0 Å². The van der Waals surface area contributed by atoms with Crippen molar-refractivity contribution in [3.63, 3.8) is 0 Å². The molecule has 1 N–H and O–H groups in total. The number of morpholine rings is 1. The fraction of sp³-hybridized carbons (Fsp3) is 0.900. The molecule has 0 saturated carbocycles. The van der Waals surface area contributed by atoms with Crippen LogP contribution in [0.3, 0.4) is 0 Å². The number of amides is 1. The average Bonchev–Trinajstić information content (AvgIpc) is 2.17. The quantitative estimate of drug-likeness (QED) is 0.752. The van der Waals surface area contributed by atoms with Gasteiger partial charge in [-0.25, -0.2) is 4.79 Å². The number of rotatable bonds is 3. The van der Waals surface area contributed by atoms with Crippen LogP contribution >= 0.6 is 0 Å². The largest absolute Gasteiger partial charge is 0.447 e. The van der Waals surface area contributed by atoms with Crippen molar-refractivity contribution >= 4 is 6.09 Å². The summed E-state index contributed by atoms with van der Waals surface area (Å²) in [5.74, 6) is 0. The highest BCUT2D eigenvalue weighted by Gasteiger charge is 2.25. The predicted octanol–water partition coefficient (Wildman–Crippen LogP) is 0.615. The van der Waals surface area contributed by atoms with Gasteiger partial charge in [0.2, 0.25) is 0 Å². The van der Waals surface area contributed by atoms with Crippen molar-refractivity contribution in [3.8, 4) is 0 Å². The van der Waals surface area contributed by atoms with Gasteiger partial charge in [0.1, 0.15) is 0 Å². The lowest BCUT2D eigenvalue weighted by molar-refractivity contribution is -0.0393. The fourth-order valence-corrected chi connectivity index (χ4v) is 1.48. The van der Waals surface area contributed by atoms with Gasteiger partial charge in [0.15, 0.2) is 0 Å². The molecular weight excluding hydrogens is 198 g/mol. The molecule has 5 heteroatoms. The van der Waals surface area contributed by atoms with E-state index in [1.807, 2.05) is 13.8 Å². The standard InChI is InChI=1S/C10H19NO4/c1-8(2)15-10(13)11-4-6-14-9(7-11)3-5-12/h8-9,12H,3-7H2,1-2H3. The zero-order valence-electron chi connectivity index (χ0n) is 9.31. The highest BCUT2D eigenvalue weighted by Crippen LogP contribution is 2.10. The second-order valence-electron chi connectivity index (χ2n) is 3.88. The Bertz CT molecular complexity index is 206. The van der Waals surface area contributed by atoms with E-state index in [2.05, 4.69) is 0 Å². The van der Waals surface area contributed by atoms with Gasteiger partial charge in [-0.1, -0.05) is 0 Å². The molecule has 1 fully saturated rings. The maximum absolute atomic E-state index is 11.5. The van der Waals surface area contributed by atoms with Crippen molar-refractivity contribution in [1.29, 1.82) is 0 Å². The zero-order valence-corrected chi connectivity index (χ0v) is 9.31. The third kappa shape index (κ3) is 4.05.